The highest BCUT2D eigenvalue weighted by atomic mass is 31.1. The number of hydrogen-bond acceptors (Lipinski definition) is 3. The Morgan fingerprint density at radius 1 is 0.600 bits per heavy atom. The summed E-state index contributed by atoms with van der Waals surface area (Å²) in [4.78, 5) is 2.38. The molecule has 0 aromatic heterocycles. The van der Waals surface area contributed by atoms with E-state index in [1.807, 2.05) is 0 Å². The van der Waals surface area contributed by atoms with Crippen molar-refractivity contribution in [3.63, 3.8) is 0 Å². The summed E-state index contributed by atoms with van der Waals surface area (Å²) in [5.41, 5.74) is 5.88. The maximum Gasteiger partial charge on any atom is 0.126 e. The average molecular weight is 592 g/mol. The molecule has 0 spiro atoms. The van der Waals surface area contributed by atoms with Crippen molar-refractivity contribution >= 4 is 18.3 Å². The standard InChI is InChI=1S/C15H25OP.C14H23OP.C6H15N/c1-14(2,3)11-8-9-13(16-17-7)12(10-11)15(4,5)6;1-13(2,3)10-7-8-12(15-16)11(9-10)14(4,5)6;1-4-7(5-2)6-3/h8-10,17H,1-7H3;7-9H,16H2,1-6H3;4-6H2,1-3H3. The van der Waals surface area contributed by atoms with Gasteiger partial charge in [-0.25, -0.2) is 0 Å². The average Bonchev–Trinajstić information content (AvgIpc) is 2.83. The van der Waals surface area contributed by atoms with E-state index in [-0.39, 0.29) is 21.7 Å². The fourth-order valence-corrected chi connectivity index (χ4v) is 4.74. The molecule has 230 valence electrons. The molecule has 3 nitrogen and oxygen atoms in total. The second-order valence-electron chi connectivity index (χ2n) is 14.5. The maximum absolute atomic E-state index is 5.76. The van der Waals surface area contributed by atoms with Gasteiger partial charge in [-0.1, -0.05) is 128 Å². The van der Waals surface area contributed by atoms with E-state index in [0.29, 0.717) is 8.81 Å². The van der Waals surface area contributed by atoms with Crippen LogP contribution in [0.3, 0.4) is 0 Å². The van der Waals surface area contributed by atoms with Crippen molar-refractivity contribution in [1.82, 2.24) is 4.90 Å². The zero-order valence-electron chi connectivity index (χ0n) is 28.9. The third kappa shape index (κ3) is 13.2. The molecule has 0 saturated carbocycles. The first-order valence-corrected chi connectivity index (χ1v) is 16.8. The maximum atomic E-state index is 5.76. The predicted molar refractivity (Wildman–Crippen MR) is 186 cm³/mol. The van der Waals surface area contributed by atoms with Gasteiger partial charge < -0.3 is 13.9 Å². The third-order valence-electron chi connectivity index (χ3n) is 6.99. The molecule has 0 heterocycles. The number of benzene rings is 2. The topological polar surface area (TPSA) is 21.7 Å². The van der Waals surface area contributed by atoms with Gasteiger partial charge in [0.15, 0.2) is 0 Å². The minimum Gasteiger partial charge on any atom is -0.480 e. The zero-order chi connectivity index (χ0) is 31.5. The van der Waals surface area contributed by atoms with Gasteiger partial charge in [0.25, 0.3) is 0 Å². The lowest BCUT2D eigenvalue weighted by atomic mass is 9.80. The van der Waals surface area contributed by atoms with Gasteiger partial charge in [-0.15, -0.1) is 0 Å². The van der Waals surface area contributed by atoms with Gasteiger partial charge in [0.2, 0.25) is 0 Å². The van der Waals surface area contributed by atoms with E-state index in [1.165, 1.54) is 41.9 Å². The monoisotopic (exact) mass is 591 g/mol. The zero-order valence-corrected chi connectivity index (χ0v) is 31.1. The largest absolute Gasteiger partial charge is 0.480 e. The van der Waals surface area contributed by atoms with E-state index in [2.05, 4.69) is 161 Å². The van der Waals surface area contributed by atoms with Gasteiger partial charge in [0, 0.05) is 11.1 Å². The minimum absolute atomic E-state index is 0.104. The minimum atomic E-state index is 0.104. The van der Waals surface area contributed by atoms with Crippen molar-refractivity contribution < 1.29 is 9.05 Å². The van der Waals surface area contributed by atoms with Crippen LogP contribution < -0.4 is 9.05 Å². The summed E-state index contributed by atoms with van der Waals surface area (Å²) in [6, 6.07) is 13.1. The molecule has 0 saturated heterocycles. The second kappa shape index (κ2) is 16.5. The molecule has 0 aliphatic carbocycles. The first-order valence-electron chi connectivity index (χ1n) is 14.9. The van der Waals surface area contributed by atoms with Crippen LogP contribution in [-0.2, 0) is 21.7 Å². The molecule has 2 aromatic rings. The smallest absolute Gasteiger partial charge is 0.126 e. The fraction of sp³-hybridized carbons (Fsp3) is 0.657. The van der Waals surface area contributed by atoms with Crippen molar-refractivity contribution in [2.45, 2.75) is 126 Å². The summed E-state index contributed by atoms with van der Waals surface area (Å²) in [6.45, 7) is 39.0. The van der Waals surface area contributed by atoms with Crippen LogP contribution in [0.25, 0.3) is 0 Å². The first-order chi connectivity index (χ1) is 18.2. The molecule has 0 fully saturated rings. The summed E-state index contributed by atoms with van der Waals surface area (Å²) in [7, 11) is 2.83. The van der Waals surface area contributed by atoms with Gasteiger partial charge in [-0.3, -0.25) is 0 Å². The van der Waals surface area contributed by atoms with Gasteiger partial charge in [0.1, 0.15) is 11.5 Å². The van der Waals surface area contributed by atoms with Gasteiger partial charge >= 0.3 is 0 Å². The molecular weight excluding hydrogens is 528 g/mol. The highest BCUT2D eigenvalue weighted by Gasteiger charge is 2.24. The Morgan fingerprint density at radius 3 is 1.20 bits per heavy atom. The van der Waals surface area contributed by atoms with Crippen molar-refractivity contribution in [3.8, 4) is 11.5 Å². The number of hydrogen-bond donors (Lipinski definition) is 0. The van der Waals surface area contributed by atoms with Crippen LogP contribution in [0.4, 0.5) is 0 Å². The molecule has 0 bridgehead atoms. The SMILES string of the molecule is CC(C)(C)c1ccc(OP)c(C(C)(C)C)c1.CCN(CC)CC.CPOc1ccc(C(C)(C)C)cc1C(C)(C)C. The quantitative estimate of drug-likeness (QED) is 0.312. The molecule has 0 radical (unpaired) electrons. The molecule has 2 unspecified atom stereocenters. The molecule has 0 aliphatic heterocycles. The Morgan fingerprint density at radius 2 is 0.950 bits per heavy atom. The Bertz CT molecular complexity index is 996. The molecule has 2 atom stereocenters. The molecule has 0 aliphatic rings. The second-order valence-corrected chi connectivity index (χ2v) is 15.3. The van der Waals surface area contributed by atoms with Gasteiger partial charge in [0.05, 0.1) is 18.3 Å². The molecule has 2 aromatic carbocycles. The van der Waals surface area contributed by atoms with Gasteiger partial charge in [-0.05, 0) is 71.2 Å². The lowest BCUT2D eigenvalue weighted by Gasteiger charge is -2.27. The van der Waals surface area contributed by atoms with Crippen LogP contribution in [0, 0.1) is 0 Å². The van der Waals surface area contributed by atoms with E-state index < -0.39 is 0 Å². The van der Waals surface area contributed by atoms with Crippen molar-refractivity contribution in [2.24, 2.45) is 0 Å². The molecule has 40 heavy (non-hydrogen) atoms. The van der Waals surface area contributed by atoms with Crippen LogP contribution in [0.1, 0.15) is 126 Å². The lowest BCUT2D eigenvalue weighted by molar-refractivity contribution is 0.321. The van der Waals surface area contributed by atoms with E-state index in [0.717, 1.165) is 11.5 Å². The molecule has 0 amide bonds. The fourth-order valence-electron chi connectivity index (χ4n) is 4.14. The summed E-state index contributed by atoms with van der Waals surface area (Å²) >= 11 is 0. The van der Waals surface area contributed by atoms with Gasteiger partial charge in [-0.2, -0.15) is 0 Å². The van der Waals surface area contributed by atoms with Crippen molar-refractivity contribution in [1.29, 1.82) is 0 Å². The molecule has 5 heteroatoms. The summed E-state index contributed by atoms with van der Waals surface area (Å²) in [5.74, 6) is 1.98. The van der Waals surface area contributed by atoms with E-state index >= 15 is 0 Å². The summed E-state index contributed by atoms with van der Waals surface area (Å²) in [6.07, 6.45) is 0. The Hall–Kier alpha value is -1.14. The first kappa shape index (κ1) is 38.9. The number of nitrogens with zero attached hydrogens (tertiary/aromatic N) is 1. The lowest BCUT2D eigenvalue weighted by Crippen LogP contribution is -2.21. The van der Waals surface area contributed by atoms with Crippen LogP contribution in [0.2, 0.25) is 0 Å². The molecule has 2 rings (SSSR count). The highest BCUT2D eigenvalue weighted by Crippen LogP contribution is 2.38. The van der Waals surface area contributed by atoms with Crippen molar-refractivity contribution in [3.05, 3.63) is 58.7 Å². The predicted octanol–water partition coefficient (Wildman–Crippen LogP) is 10.7. The van der Waals surface area contributed by atoms with E-state index in [4.69, 9.17) is 9.05 Å². The van der Waals surface area contributed by atoms with E-state index in [9.17, 15) is 0 Å². The Balaban J connectivity index is 0.000000619. The van der Waals surface area contributed by atoms with Crippen molar-refractivity contribution in [2.75, 3.05) is 26.3 Å². The summed E-state index contributed by atoms with van der Waals surface area (Å²) < 4.78 is 11.1. The van der Waals surface area contributed by atoms with Crippen LogP contribution in [0.15, 0.2) is 36.4 Å². The molecule has 0 N–H and O–H groups in total. The number of rotatable bonds is 6. The third-order valence-corrected chi connectivity index (χ3v) is 7.67. The highest BCUT2D eigenvalue weighted by molar-refractivity contribution is 7.31. The van der Waals surface area contributed by atoms with Crippen LogP contribution >= 0.6 is 18.3 Å². The van der Waals surface area contributed by atoms with Crippen LogP contribution in [0.5, 0.6) is 11.5 Å². The summed E-state index contributed by atoms with van der Waals surface area (Å²) in [5, 5.41) is 0. The molecular formula is C35H63NO2P2. The Kier molecular flexibility index (Phi) is 16.0. The van der Waals surface area contributed by atoms with E-state index in [1.54, 1.807) is 0 Å². The normalized spacial score (nSPS) is 12.6. The van der Waals surface area contributed by atoms with Crippen LogP contribution in [-0.4, -0.2) is 31.2 Å². The Labute approximate surface area is 253 Å².